The average Bonchev–Trinajstić information content (AvgIpc) is 2.17. The Morgan fingerprint density at radius 3 is 2.58 bits per heavy atom. The van der Waals surface area contributed by atoms with Gasteiger partial charge in [0.25, 0.3) is 0 Å². The molecule has 0 bridgehead atoms. The van der Waals surface area contributed by atoms with Crippen LogP contribution in [0, 0.1) is 0 Å². The van der Waals surface area contributed by atoms with Crippen LogP contribution in [0.3, 0.4) is 0 Å². The summed E-state index contributed by atoms with van der Waals surface area (Å²) in [4.78, 5) is 4.21. The van der Waals surface area contributed by atoms with E-state index in [0.717, 1.165) is 17.0 Å². The van der Waals surface area contributed by atoms with Crippen LogP contribution >= 0.6 is 0 Å². The lowest BCUT2D eigenvalue weighted by Gasteiger charge is -2.04. The quantitative estimate of drug-likeness (QED) is 0.625. The minimum atomic E-state index is 0.911. The lowest BCUT2D eigenvalue weighted by molar-refractivity contribution is 0.295. The van der Waals surface area contributed by atoms with Gasteiger partial charge in [-0.1, -0.05) is 6.07 Å². The highest BCUT2D eigenvalue weighted by Crippen LogP contribution is 2.14. The third-order valence-corrected chi connectivity index (χ3v) is 1.88. The van der Waals surface area contributed by atoms with Gasteiger partial charge in [-0.3, -0.25) is 4.98 Å². The summed E-state index contributed by atoms with van der Waals surface area (Å²) in [6.07, 6.45) is 1.78. The standard InChI is InChI=1S/C10H13NO/c1-8(9(2)12-3)10-6-4-5-7-11-10/h4-7H,1-3H3. The van der Waals surface area contributed by atoms with Crippen LogP contribution < -0.4 is 0 Å². The van der Waals surface area contributed by atoms with Crippen LogP contribution in [0.5, 0.6) is 0 Å². The molecular weight excluding hydrogens is 150 g/mol. The van der Waals surface area contributed by atoms with Crippen LogP contribution in [0.2, 0.25) is 0 Å². The van der Waals surface area contributed by atoms with Crippen molar-refractivity contribution in [2.24, 2.45) is 0 Å². The second-order valence-electron chi connectivity index (χ2n) is 2.60. The predicted molar refractivity (Wildman–Crippen MR) is 49.5 cm³/mol. The van der Waals surface area contributed by atoms with Gasteiger partial charge in [-0.25, -0.2) is 0 Å². The maximum absolute atomic E-state index is 5.11. The summed E-state index contributed by atoms with van der Waals surface area (Å²) in [5.41, 5.74) is 2.05. The van der Waals surface area contributed by atoms with Gasteiger partial charge in [0.05, 0.1) is 18.6 Å². The first-order chi connectivity index (χ1) is 5.75. The Balaban J connectivity index is 3.00. The highest BCUT2D eigenvalue weighted by Gasteiger charge is 1.99. The maximum Gasteiger partial charge on any atom is 0.0975 e. The molecular formula is C10H13NO. The van der Waals surface area contributed by atoms with Crippen molar-refractivity contribution in [3.63, 3.8) is 0 Å². The van der Waals surface area contributed by atoms with E-state index < -0.39 is 0 Å². The zero-order valence-corrected chi connectivity index (χ0v) is 7.66. The Bertz CT molecular complexity index is 277. The number of methoxy groups -OCH3 is 1. The van der Waals surface area contributed by atoms with Gasteiger partial charge in [-0.05, 0) is 26.0 Å². The smallest absolute Gasteiger partial charge is 0.0975 e. The Morgan fingerprint density at radius 2 is 2.08 bits per heavy atom. The van der Waals surface area contributed by atoms with E-state index in [1.807, 2.05) is 32.0 Å². The van der Waals surface area contributed by atoms with Gasteiger partial charge >= 0.3 is 0 Å². The lowest BCUT2D eigenvalue weighted by atomic mass is 10.2. The van der Waals surface area contributed by atoms with Crippen LogP contribution in [-0.2, 0) is 4.74 Å². The van der Waals surface area contributed by atoms with Gasteiger partial charge in [0, 0.05) is 11.8 Å². The van der Waals surface area contributed by atoms with Crippen molar-refractivity contribution >= 4 is 5.57 Å². The molecule has 0 aliphatic carbocycles. The summed E-state index contributed by atoms with van der Waals surface area (Å²) in [6.45, 7) is 3.94. The number of allylic oxidation sites excluding steroid dienone is 2. The van der Waals surface area contributed by atoms with Crippen LogP contribution in [-0.4, -0.2) is 12.1 Å². The van der Waals surface area contributed by atoms with Gasteiger partial charge in [-0.15, -0.1) is 0 Å². The summed E-state index contributed by atoms with van der Waals surface area (Å²) in [7, 11) is 1.67. The minimum Gasteiger partial charge on any atom is -0.501 e. The van der Waals surface area contributed by atoms with Crippen LogP contribution in [0.1, 0.15) is 19.5 Å². The maximum atomic E-state index is 5.11. The zero-order valence-electron chi connectivity index (χ0n) is 7.66. The molecule has 0 fully saturated rings. The first-order valence-electron chi connectivity index (χ1n) is 3.88. The SMILES string of the molecule is COC(C)=C(C)c1ccccn1. The van der Waals surface area contributed by atoms with Crippen LogP contribution in [0.15, 0.2) is 30.2 Å². The van der Waals surface area contributed by atoms with E-state index in [0.29, 0.717) is 0 Å². The van der Waals surface area contributed by atoms with E-state index >= 15 is 0 Å². The van der Waals surface area contributed by atoms with Gasteiger partial charge in [0.15, 0.2) is 0 Å². The van der Waals surface area contributed by atoms with Gasteiger partial charge in [0.1, 0.15) is 0 Å². The van der Waals surface area contributed by atoms with Crippen molar-refractivity contribution in [1.82, 2.24) is 4.98 Å². The van der Waals surface area contributed by atoms with E-state index in [4.69, 9.17) is 4.74 Å². The molecule has 0 saturated heterocycles. The molecule has 1 aromatic heterocycles. The largest absolute Gasteiger partial charge is 0.501 e. The number of ether oxygens (including phenoxy) is 1. The topological polar surface area (TPSA) is 22.1 Å². The number of hydrogen-bond acceptors (Lipinski definition) is 2. The lowest BCUT2D eigenvalue weighted by Crippen LogP contribution is -1.89. The number of nitrogens with zero attached hydrogens (tertiary/aromatic N) is 1. The summed E-state index contributed by atoms with van der Waals surface area (Å²) < 4.78 is 5.11. The molecule has 0 saturated carbocycles. The average molecular weight is 163 g/mol. The normalized spacial score (nSPS) is 12.2. The van der Waals surface area contributed by atoms with Crippen molar-refractivity contribution < 1.29 is 4.74 Å². The molecule has 0 unspecified atom stereocenters. The number of pyridine rings is 1. The molecule has 0 amide bonds. The van der Waals surface area contributed by atoms with E-state index in [9.17, 15) is 0 Å². The number of aromatic nitrogens is 1. The van der Waals surface area contributed by atoms with Gasteiger partial charge in [-0.2, -0.15) is 0 Å². The van der Waals surface area contributed by atoms with E-state index in [-0.39, 0.29) is 0 Å². The molecule has 64 valence electrons. The molecule has 0 aromatic carbocycles. The number of rotatable bonds is 2. The van der Waals surface area contributed by atoms with Gasteiger partial charge in [0.2, 0.25) is 0 Å². The Hall–Kier alpha value is -1.31. The summed E-state index contributed by atoms with van der Waals surface area (Å²) in [5, 5.41) is 0. The number of hydrogen-bond donors (Lipinski definition) is 0. The second-order valence-corrected chi connectivity index (χ2v) is 2.60. The highest BCUT2D eigenvalue weighted by atomic mass is 16.5. The highest BCUT2D eigenvalue weighted by molar-refractivity contribution is 5.61. The molecule has 0 atom stereocenters. The van der Waals surface area contributed by atoms with Crippen molar-refractivity contribution in [2.45, 2.75) is 13.8 Å². The van der Waals surface area contributed by atoms with Crippen molar-refractivity contribution in [3.05, 3.63) is 35.8 Å². The first-order valence-corrected chi connectivity index (χ1v) is 3.88. The fourth-order valence-corrected chi connectivity index (χ4v) is 0.918. The molecule has 1 rings (SSSR count). The molecule has 12 heavy (non-hydrogen) atoms. The first kappa shape index (κ1) is 8.78. The molecule has 1 heterocycles. The summed E-state index contributed by atoms with van der Waals surface area (Å²) >= 11 is 0. The van der Waals surface area contributed by atoms with Crippen LogP contribution in [0.4, 0.5) is 0 Å². The zero-order chi connectivity index (χ0) is 8.97. The molecule has 0 spiro atoms. The molecule has 1 aromatic rings. The predicted octanol–water partition coefficient (Wildman–Crippen LogP) is 2.48. The van der Waals surface area contributed by atoms with E-state index in [2.05, 4.69) is 4.98 Å². The summed E-state index contributed by atoms with van der Waals surface area (Å²) in [5.74, 6) is 0.911. The molecule has 0 N–H and O–H groups in total. The van der Waals surface area contributed by atoms with Crippen molar-refractivity contribution in [3.8, 4) is 0 Å². The van der Waals surface area contributed by atoms with E-state index in [1.54, 1.807) is 13.3 Å². The molecule has 0 aliphatic rings. The molecule has 2 nitrogen and oxygen atoms in total. The Labute approximate surface area is 72.9 Å². The molecule has 0 radical (unpaired) electrons. The molecule has 0 aliphatic heterocycles. The van der Waals surface area contributed by atoms with Crippen LogP contribution in [0.25, 0.3) is 5.57 Å². The van der Waals surface area contributed by atoms with Crippen molar-refractivity contribution in [2.75, 3.05) is 7.11 Å². The Kier molecular flexibility index (Phi) is 2.86. The van der Waals surface area contributed by atoms with E-state index in [1.165, 1.54) is 0 Å². The monoisotopic (exact) mass is 163 g/mol. The Morgan fingerprint density at radius 1 is 1.33 bits per heavy atom. The summed E-state index contributed by atoms with van der Waals surface area (Å²) in [6, 6.07) is 5.84. The third-order valence-electron chi connectivity index (χ3n) is 1.88. The minimum absolute atomic E-state index is 0.911. The second kappa shape index (κ2) is 3.90. The fourth-order valence-electron chi connectivity index (χ4n) is 0.918. The van der Waals surface area contributed by atoms with Crippen molar-refractivity contribution in [1.29, 1.82) is 0 Å². The van der Waals surface area contributed by atoms with Gasteiger partial charge < -0.3 is 4.74 Å². The fraction of sp³-hybridized carbons (Fsp3) is 0.300. The molecule has 2 heteroatoms. The third kappa shape index (κ3) is 1.84.